The molecule has 7 nitrogen and oxygen atoms in total. The summed E-state index contributed by atoms with van der Waals surface area (Å²) in [5.41, 5.74) is 0.803. The lowest BCUT2D eigenvalue weighted by Crippen LogP contribution is -2.37. The van der Waals surface area contributed by atoms with Gasteiger partial charge in [0.1, 0.15) is 17.6 Å². The van der Waals surface area contributed by atoms with Crippen LogP contribution in [0.5, 0.6) is 5.75 Å². The molecule has 1 fully saturated rings. The van der Waals surface area contributed by atoms with Crippen LogP contribution in [0.4, 0.5) is 4.79 Å². The molecule has 1 saturated heterocycles. The number of rotatable bonds is 4. The summed E-state index contributed by atoms with van der Waals surface area (Å²) in [6.07, 6.45) is 0.436. The zero-order valence-corrected chi connectivity index (χ0v) is 10.5. The Hall–Kier alpha value is -2.83. The smallest absolute Gasteiger partial charge is 0.326 e. The fraction of sp³-hybridized carbons (Fsp3) is 0.154. The minimum atomic E-state index is -1.30. The summed E-state index contributed by atoms with van der Waals surface area (Å²) < 4.78 is 5.11. The van der Waals surface area contributed by atoms with Crippen LogP contribution in [0.1, 0.15) is 12.5 Å². The fourth-order valence-electron chi connectivity index (χ4n) is 1.54. The van der Waals surface area contributed by atoms with E-state index in [2.05, 4.69) is 10.6 Å². The molecule has 1 atom stereocenters. The lowest BCUT2D eigenvalue weighted by molar-refractivity contribution is -0.312. The highest BCUT2D eigenvalue weighted by Gasteiger charge is 2.22. The molecule has 2 rings (SSSR count). The molecule has 1 aliphatic rings. The number of benzene rings is 1. The van der Waals surface area contributed by atoms with Crippen molar-refractivity contribution in [1.29, 1.82) is 0 Å². The van der Waals surface area contributed by atoms with Crippen molar-refractivity contribution in [2.24, 2.45) is 0 Å². The van der Waals surface area contributed by atoms with Crippen LogP contribution >= 0.6 is 0 Å². The standard InChI is InChI=1S/C13H12N2O5/c1-7(12(17)18)20-9-4-2-8(3-5-9)6-10-11(16)15-13(19)14-10/h2-7H,1H3,(H,17,18)(H2,14,15,16,19)/p-1/b10-6-/t7-/m1/s1. The molecule has 0 aromatic heterocycles. The van der Waals surface area contributed by atoms with Gasteiger partial charge in [-0.25, -0.2) is 4.79 Å². The van der Waals surface area contributed by atoms with Crippen molar-refractivity contribution < 1.29 is 24.2 Å². The topological polar surface area (TPSA) is 108 Å². The second-order valence-corrected chi connectivity index (χ2v) is 4.11. The quantitative estimate of drug-likeness (QED) is 0.562. The van der Waals surface area contributed by atoms with Gasteiger partial charge in [0.05, 0.1) is 5.97 Å². The zero-order chi connectivity index (χ0) is 14.7. The van der Waals surface area contributed by atoms with Gasteiger partial charge in [0.25, 0.3) is 5.91 Å². The average molecular weight is 275 g/mol. The summed E-state index contributed by atoms with van der Waals surface area (Å²) >= 11 is 0. The van der Waals surface area contributed by atoms with E-state index in [-0.39, 0.29) is 5.70 Å². The van der Waals surface area contributed by atoms with Gasteiger partial charge in [-0.05, 0) is 30.7 Å². The Bertz CT molecular complexity index is 591. The van der Waals surface area contributed by atoms with Crippen molar-refractivity contribution in [3.05, 3.63) is 35.5 Å². The molecule has 0 bridgehead atoms. The number of hydrogen-bond acceptors (Lipinski definition) is 5. The average Bonchev–Trinajstić information content (AvgIpc) is 2.70. The molecule has 0 saturated carbocycles. The first-order valence-corrected chi connectivity index (χ1v) is 5.77. The molecule has 20 heavy (non-hydrogen) atoms. The minimum Gasteiger partial charge on any atom is -0.546 e. The van der Waals surface area contributed by atoms with E-state index in [4.69, 9.17) is 4.74 Å². The molecule has 1 aromatic rings. The van der Waals surface area contributed by atoms with Crippen LogP contribution in [0.3, 0.4) is 0 Å². The molecule has 0 spiro atoms. The third kappa shape index (κ3) is 3.14. The normalized spacial score (nSPS) is 17.6. The van der Waals surface area contributed by atoms with E-state index < -0.39 is 24.0 Å². The Kier molecular flexibility index (Phi) is 3.69. The highest BCUT2D eigenvalue weighted by atomic mass is 16.5. The zero-order valence-electron chi connectivity index (χ0n) is 10.5. The van der Waals surface area contributed by atoms with Crippen LogP contribution in [0.2, 0.25) is 0 Å². The second kappa shape index (κ2) is 5.43. The Morgan fingerprint density at radius 2 is 1.90 bits per heavy atom. The summed E-state index contributed by atoms with van der Waals surface area (Å²) in [6, 6.07) is 5.80. The summed E-state index contributed by atoms with van der Waals surface area (Å²) in [5, 5.41) is 15.0. The molecular formula is C13H11N2O5-. The molecule has 0 aliphatic carbocycles. The van der Waals surface area contributed by atoms with Gasteiger partial charge in [0.15, 0.2) is 0 Å². The Morgan fingerprint density at radius 3 is 2.40 bits per heavy atom. The van der Waals surface area contributed by atoms with Gasteiger partial charge in [-0.2, -0.15) is 0 Å². The van der Waals surface area contributed by atoms with Crippen molar-refractivity contribution in [1.82, 2.24) is 10.6 Å². The third-order valence-corrected chi connectivity index (χ3v) is 2.56. The van der Waals surface area contributed by atoms with E-state index >= 15 is 0 Å². The number of ether oxygens (including phenoxy) is 1. The second-order valence-electron chi connectivity index (χ2n) is 4.11. The van der Waals surface area contributed by atoms with E-state index in [0.29, 0.717) is 11.3 Å². The van der Waals surface area contributed by atoms with E-state index in [1.54, 1.807) is 24.3 Å². The molecule has 7 heteroatoms. The van der Waals surface area contributed by atoms with Gasteiger partial charge in [0, 0.05) is 0 Å². The number of carboxylic acids is 1. The number of carbonyl (C=O) groups excluding carboxylic acids is 3. The molecule has 0 unspecified atom stereocenters. The number of aliphatic carboxylic acids is 1. The summed E-state index contributed by atoms with van der Waals surface area (Å²) in [7, 11) is 0. The molecular weight excluding hydrogens is 264 g/mol. The molecule has 104 valence electrons. The van der Waals surface area contributed by atoms with Gasteiger partial charge in [-0.15, -0.1) is 0 Å². The largest absolute Gasteiger partial charge is 0.546 e. The fourth-order valence-corrected chi connectivity index (χ4v) is 1.54. The van der Waals surface area contributed by atoms with E-state index in [9.17, 15) is 19.5 Å². The van der Waals surface area contributed by atoms with Gasteiger partial charge in [0.2, 0.25) is 0 Å². The van der Waals surface area contributed by atoms with Crippen LogP contribution in [0, 0.1) is 0 Å². The van der Waals surface area contributed by atoms with Crippen LogP contribution in [0.15, 0.2) is 30.0 Å². The number of carbonyl (C=O) groups is 3. The predicted molar refractivity (Wildman–Crippen MR) is 66.2 cm³/mol. The van der Waals surface area contributed by atoms with Crippen molar-refractivity contribution in [2.75, 3.05) is 0 Å². The Balaban J connectivity index is 2.09. The van der Waals surface area contributed by atoms with Crippen LogP contribution < -0.4 is 20.5 Å². The predicted octanol–water partition coefficient (Wildman–Crippen LogP) is -0.616. The van der Waals surface area contributed by atoms with E-state index in [1.807, 2.05) is 0 Å². The van der Waals surface area contributed by atoms with E-state index in [0.717, 1.165) is 0 Å². The summed E-state index contributed by atoms with van der Waals surface area (Å²) in [4.78, 5) is 32.8. The van der Waals surface area contributed by atoms with Crippen molar-refractivity contribution in [2.45, 2.75) is 13.0 Å². The lowest BCUT2D eigenvalue weighted by Gasteiger charge is -2.15. The number of amides is 3. The SMILES string of the molecule is C[C@@H](Oc1ccc(/C=C2\NC(=O)NC2=O)cc1)C(=O)[O-]. The third-order valence-electron chi connectivity index (χ3n) is 2.56. The van der Waals surface area contributed by atoms with Crippen molar-refractivity contribution in [3.63, 3.8) is 0 Å². The van der Waals surface area contributed by atoms with Crippen LogP contribution in [0.25, 0.3) is 6.08 Å². The highest BCUT2D eigenvalue weighted by Crippen LogP contribution is 2.16. The number of imide groups is 1. The number of carboxylic acid groups (broad SMARTS) is 1. The van der Waals surface area contributed by atoms with E-state index in [1.165, 1.54) is 13.0 Å². The molecule has 1 aliphatic heterocycles. The van der Waals surface area contributed by atoms with Crippen molar-refractivity contribution >= 4 is 24.0 Å². The first-order valence-electron chi connectivity index (χ1n) is 5.77. The maximum absolute atomic E-state index is 11.3. The molecule has 1 heterocycles. The molecule has 3 amide bonds. The lowest BCUT2D eigenvalue weighted by atomic mass is 10.2. The number of urea groups is 1. The molecule has 2 N–H and O–H groups in total. The van der Waals surface area contributed by atoms with Gasteiger partial charge < -0.3 is 20.0 Å². The number of nitrogens with one attached hydrogen (secondary N) is 2. The maximum atomic E-state index is 11.3. The number of hydrogen-bond donors (Lipinski definition) is 2. The first-order chi connectivity index (χ1) is 9.45. The van der Waals surface area contributed by atoms with Gasteiger partial charge in [-0.1, -0.05) is 12.1 Å². The molecule has 0 radical (unpaired) electrons. The summed E-state index contributed by atoms with van der Waals surface area (Å²) in [5.74, 6) is -1.44. The Morgan fingerprint density at radius 1 is 1.25 bits per heavy atom. The van der Waals surface area contributed by atoms with Crippen LogP contribution in [-0.4, -0.2) is 24.0 Å². The van der Waals surface area contributed by atoms with Crippen molar-refractivity contribution in [3.8, 4) is 5.75 Å². The first kappa shape index (κ1) is 13.6. The Labute approximate surface area is 114 Å². The minimum absolute atomic E-state index is 0.145. The summed E-state index contributed by atoms with van der Waals surface area (Å²) in [6.45, 7) is 1.36. The maximum Gasteiger partial charge on any atom is 0.326 e. The highest BCUT2D eigenvalue weighted by molar-refractivity contribution is 6.13. The van der Waals surface area contributed by atoms with Gasteiger partial charge >= 0.3 is 6.03 Å². The van der Waals surface area contributed by atoms with Gasteiger partial charge in [-0.3, -0.25) is 10.1 Å². The molecule has 1 aromatic carbocycles. The van der Waals surface area contributed by atoms with Crippen LogP contribution in [-0.2, 0) is 9.59 Å². The monoisotopic (exact) mass is 275 g/mol.